The SMILES string of the molecule is CCc1nn(C)c(Sc2nnnn2C2CC2)c1N. The Labute approximate surface area is 109 Å². The van der Waals surface area contributed by atoms with Gasteiger partial charge < -0.3 is 5.73 Å². The van der Waals surface area contributed by atoms with E-state index in [4.69, 9.17) is 5.73 Å². The minimum atomic E-state index is 0.461. The monoisotopic (exact) mass is 265 g/mol. The summed E-state index contributed by atoms with van der Waals surface area (Å²) in [5.41, 5.74) is 7.74. The van der Waals surface area contributed by atoms with Gasteiger partial charge in [0.05, 0.1) is 17.4 Å². The summed E-state index contributed by atoms with van der Waals surface area (Å²) < 4.78 is 3.67. The third-order valence-corrected chi connectivity index (χ3v) is 4.11. The van der Waals surface area contributed by atoms with Crippen LogP contribution in [0, 0.1) is 0 Å². The number of nitrogens with zero attached hydrogens (tertiary/aromatic N) is 6. The first-order chi connectivity index (χ1) is 8.70. The number of hydrogen-bond acceptors (Lipinski definition) is 6. The Morgan fingerprint density at radius 1 is 1.44 bits per heavy atom. The van der Waals surface area contributed by atoms with Gasteiger partial charge in [-0.1, -0.05) is 6.92 Å². The normalized spacial score (nSPS) is 15.2. The molecule has 3 rings (SSSR count). The van der Waals surface area contributed by atoms with Gasteiger partial charge in [-0.25, -0.2) is 4.68 Å². The van der Waals surface area contributed by atoms with E-state index in [1.165, 1.54) is 11.8 Å². The van der Waals surface area contributed by atoms with Gasteiger partial charge in [-0.2, -0.15) is 5.10 Å². The molecule has 0 radical (unpaired) electrons. The second-order valence-electron chi connectivity index (χ2n) is 4.38. The first-order valence-corrected chi connectivity index (χ1v) is 6.79. The second kappa shape index (κ2) is 4.27. The summed E-state index contributed by atoms with van der Waals surface area (Å²) >= 11 is 1.48. The van der Waals surface area contributed by atoms with E-state index in [1.807, 2.05) is 18.7 Å². The summed E-state index contributed by atoms with van der Waals surface area (Å²) in [7, 11) is 1.89. The van der Waals surface area contributed by atoms with Crippen molar-refractivity contribution >= 4 is 17.4 Å². The van der Waals surface area contributed by atoms with E-state index in [0.717, 1.165) is 40.8 Å². The maximum Gasteiger partial charge on any atom is 0.215 e. The molecule has 0 aromatic carbocycles. The highest BCUT2D eigenvalue weighted by Crippen LogP contribution is 2.39. The molecule has 2 heterocycles. The maximum absolute atomic E-state index is 6.09. The van der Waals surface area contributed by atoms with Gasteiger partial charge in [0.25, 0.3) is 0 Å². The van der Waals surface area contributed by atoms with Crippen molar-refractivity contribution in [3.05, 3.63) is 5.69 Å². The average Bonchev–Trinajstić information content (AvgIpc) is 3.05. The first kappa shape index (κ1) is 11.5. The van der Waals surface area contributed by atoms with Gasteiger partial charge >= 0.3 is 0 Å². The smallest absolute Gasteiger partial charge is 0.215 e. The predicted octanol–water partition coefficient (Wildman–Crippen LogP) is 1.04. The van der Waals surface area contributed by atoms with Gasteiger partial charge in [0.2, 0.25) is 5.16 Å². The molecule has 1 fully saturated rings. The van der Waals surface area contributed by atoms with Crippen molar-refractivity contribution in [3.8, 4) is 0 Å². The average molecular weight is 265 g/mol. The number of nitrogen functional groups attached to an aromatic ring is 1. The molecule has 96 valence electrons. The third-order valence-electron chi connectivity index (χ3n) is 2.98. The minimum Gasteiger partial charge on any atom is -0.395 e. The van der Waals surface area contributed by atoms with Gasteiger partial charge in [-0.05, 0) is 41.5 Å². The lowest BCUT2D eigenvalue weighted by Gasteiger charge is -2.03. The minimum absolute atomic E-state index is 0.461. The second-order valence-corrected chi connectivity index (χ2v) is 5.34. The zero-order chi connectivity index (χ0) is 12.7. The summed E-state index contributed by atoms with van der Waals surface area (Å²) in [5.74, 6) is 0. The first-order valence-electron chi connectivity index (χ1n) is 5.97. The summed E-state index contributed by atoms with van der Waals surface area (Å²) in [6.07, 6.45) is 3.13. The molecule has 2 aromatic heterocycles. The fourth-order valence-electron chi connectivity index (χ4n) is 1.85. The molecule has 0 bridgehead atoms. The van der Waals surface area contributed by atoms with Crippen molar-refractivity contribution in [2.45, 2.75) is 42.4 Å². The number of rotatable bonds is 4. The Hall–Kier alpha value is -1.57. The number of anilines is 1. The molecule has 8 heteroatoms. The van der Waals surface area contributed by atoms with Crippen molar-refractivity contribution in [3.63, 3.8) is 0 Å². The number of aromatic nitrogens is 6. The highest BCUT2D eigenvalue weighted by Gasteiger charge is 2.29. The lowest BCUT2D eigenvalue weighted by molar-refractivity contribution is 0.564. The molecule has 0 atom stereocenters. The molecule has 7 nitrogen and oxygen atoms in total. The lowest BCUT2D eigenvalue weighted by Crippen LogP contribution is -2.00. The van der Waals surface area contributed by atoms with Crippen LogP contribution in [0.2, 0.25) is 0 Å². The number of hydrogen-bond donors (Lipinski definition) is 1. The van der Waals surface area contributed by atoms with E-state index in [0.29, 0.717) is 6.04 Å². The molecular weight excluding hydrogens is 250 g/mol. The van der Waals surface area contributed by atoms with Gasteiger partial charge in [0, 0.05) is 7.05 Å². The van der Waals surface area contributed by atoms with Crippen LogP contribution in [0.4, 0.5) is 5.69 Å². The summed E-state index contributed by atoms with van der Waals surface area (Å²) in [6.45, 7) is 2.04. The van der Waals surface area contributed by atoms with E-state index >= 15 is 0 Å². The molecule has 1 aliphatic carbocycles. The maximum atomic E-state index is 6.09. The standard InChI is InChI=1S/C10H15N7S/c1-3-7-8(11)9(16(2)13-7)18-10-12-14-15-17(10)6-4-5-6/h6H,3-5,11H2,1-2H3. The molecule has 2 aromatic rings. The van der Waals surface area contributed by atoms with Crippen LogP contribution in [0.5, 0.6) is 0 Å². The van der Waals surface area contributed by atoms with Crippen LogP contribution in [-0.2, 0) is 13.5 Å². The zero-order valence-electron chi connectivity index (χ0n) is 10.4. The highest BCUT2D eigenvalue weighted by atomic mass is 32.2. The number of aryl methyl sites for hydroxylation is 2. The van der Waals surface area contributed by atoms with Gasteiger partial charge in [-0.3, -0.25) is 4.68 Å². The fourth-order valence-corrected chi connectivity index (χ4v) is 2.78. The van der Waals surface area contributed by atoms with E-state index < -0.39 is 0 Å². The van der Waals surface area contributed by atoms with Crippen molar-refractivity contribution in [1.29, 1.82) is 0 Å². The molecule has 18 heavy (non-hydrogen) atoms. The lowest BCUT2D eigenvalue weighted by atomic mass is 10.3. The molecule has 1 aliphatic rings. The molecule has 0 amide bonds. The van der Waals surface area contributed by atoms with Gasteiger partial charge in [-0.15, -0.1) is 5.10 Å². The summed E-state index contributed by atoms with van der Waals surface area (Å²) in [4.78, 5) is 0. The molecule has 0 unspecified atom stereocenters. The van der Waals surface area contributed by atoms with Crippen LogP contribution in [0.15, 0.2) is 10.2 Å². The van der Waals surface area contributed by atoms with Crippen molar-refractivity contribution in [2.75, 3.05) is 5.73 Å². The summed E-state index contributed by atoms with van der Waals surface area (Å²) in [5, 5.41) is 17.9. The largest absolute Gasteiger partial charge is 0.395 e. The quantitative estimate of drug-likeness (QED) is 0.888. The van der Waals surface area contributed by atoms with E-state index in [9.17, 15) is 0 Å². The molecule has 0 aliphatic heterocycles. The molecule has 1 saturated carbocycles. The van der Waals surface area contributed by atoms with E-state index in [2.05, 4.69) is 20.6 Å². The van der Waals surface area contributed by atoms with Crippen molar-refractivity contribution in [1.82, 2.24) is 30.0 Å². The zero-order valence-corrected chi connectivity index (χ0v) is 11.2. The van der Waals surface area contributed by atoms with Crippen LogP contribution in [-0.4, -0.2) is 30.0 Å². The van der Waals surface area contributed by atoms with Crippen LogP contribution >= 0.6 is 11.8 Å². The Bertz CT molecular complexity index is 569. The number of tetrazole rings is 1. The van der Waals surface area contributed by atoms with Crippen molar-refractivity contribution in [2.24, 2.45) is 7.05 Å². The molecule has 0 spiro atoms. The molecular formula is C10H15N7S. The van der Waals surface area contributed by atoms with Crippen LogP contribution < -0.4 is 5.73 Å². The van der Waals surface area contributed by atoms with Crippen LogP contribution in [0.3, 0.4) is 0 Å². The third kappa shape index (κ3) is 1.86. The summed E-state index contributed by atoms with van der Waals surface area (Å²) in [6, 6.07) is 0.461. The predicted molar refractivity (Wildman–Crippen MR) is 67.2 cm³/mol. The van der Waals surface area contributed by atoms with Gasteiger partial charge in [0.15, 0.2) is 0 Å². The molecule has 0 saturated heterocycles. The van der Waals surface area contributed by atoms with Crippen LogP contribution in [0.25, 0.3) is 0 Å². The van der Waals surface area contributed by atoms with Crippen LogP contribution in [0.1, 0.15) is 31.5 Å². The Morgan fingerprint density at radius 2 is 2.22 bits per heavy atom. The van der Waals surface area contributed by atoms with E-state index in [1.54, 1.807) is 4.68 Å². The Balaban J connectivity index is 1.92. The Kier molecular flexibility index (Phi) is 2.73. The number of nitrogens with two attached hydrogens (primary N) is 1. The van der Waals surface area contributed by atoms with Gasteiger partial charge in [0.1, 0.15) is 5.03 Å². The van der Waals surface area contributed by atoms with Crippen molar-refractivity contribution < 1.29 is 0 Å². The van der Waals surface area contributed by atoms with E-state index in [-0.39, 0.29) is 0 Å². The molecule has 2 N–H and O–H groups in total. The fraction of sp³-hybridized carbons (Fsp3) is 0.600. The highest BCUT2D eigenvalue weighted by molar-refractivity contribution is 7.99. The topological polar surface area (TPSA) is 87.4 Å². The Morgan fingerprint density at radius 3 is 2.83 bits per heavy atom.